The molecule has 2 aliphatic heterocycles. The number of aromatic nitrogens is 4. The Labute approximate surface area is 236 Å². The molecule has 2 aromatic heterocycles. The Hall–Kier alpha value is -3.54. The molecule has 218 valence electrons. The SMILES string of the molecule is Cc1nc2n(n1)CCN(C(=O)c1ccc(N3CCOCC3)nc1)CCCC(=O)N(C)[C@@H](C)C(=O)N[C@@H]2CC(C)C. The number of aryl methyl sites for hydroxylation is 1. The number of carbonyl (C=O) groups is 3. The van der Waals surface area contributed by atoms with Crippen molar-refractivity contribution >= 4 is 23.5 Å². The standard InChI is InChI=1S/C28H42N8O4/c1-19(2)17-23-26-30-21(4)32-36(26)12-11-35(10-6-7-25(37)33(5)20(3)27(38)31-23)28(39)22-8-9-24(29-18-22)34-13-15-40-16-14-34/h8-9,18-20,23H,6-7,10-17H2,1-5H3,(H,31,38)/t20-,23+/m0/s1. The molecule has 1 fully saturated rings. The van der Waals surface area contributed by atoms with Crippen molar-refractivity contribution in [2.75, 3.05) is 51.3 Å². The second kappa shape index (κ2) is 13.2. The van der Waals surface area contributed by atoms with Gasteiger partial charge in [-0.3, -0.25) is 14.4 Å². The van der Waals surface area contributed by atoms with Gasteiger partial charge in [-0.25, -0.2) is 14.6 Å². The van der Waals surface area contributed by atoms with Gasteiger partial charge in [-0.2, -0.15) is 5.10 Å². The zero-order chi connectivity index (χ0) is 28.8. The lowest BCUT2D eigenvalue weighted by molar-refractivity contribution is -0.138. The summed E-state index contributed by atoms with van der Waals surface area (Å²) in [6.07, 6.45) is 2.99. The molecule has 0 saturated carbocycles. The molecule has 1 saturated heterocycles. The maximum atomic E-state index is 13.6. The number of rotatable bonds is 4. The van der Waals surface area contributed by atoms with Crippen molar-refractivity contribution in [2.24, 2.45) is 5.92 Å². The van der Waals surface area contributed by atoms with Gasteiger partial charge in [0.15, 0.2) is 0 Å². The molecule has 2 aliphatic rings. The Bertz CT molecular complexity index is 1180. The average molecular weight is 555 g/mol. The molecule has 0 bridgehead atoms. The van der Waals surface area contributed by atoms with Crippen LogP contribution in [0.2, 0.25) is 0 Å². The van der Waals surface area contributed by atoms with Crippen molar-refractivity contribution in [3.63, 3.8) is 0 Å². The molecule has 1 N–H and O–H groups in total. The van der Waals surface area contributed by atoms with Gasteiger partial charge in [0.1, 0.15) is 23.5 Å². The fourth-order valence-electron chi connectivity index (χ4n) is 5.08. The molecule has 40 heavy (non-hydrogen) atoms. The predicted octanol–water partition coefficient (Wildman–Crippen LogP) is 1.80. The third-order valence-corrected chi connectivity index (χ3v) is 7.51. The van der Waals surface area contributed by atoms with Gasteiger partial charge in [0.05, 0.1) is 31.4 Å². The maximum Gasteiger partial charge on any atom is 0.255 e. The van der Waals surface area contributed by atoms with Gasteiger partial charge < -0.3 is 24.8 Å². The van der Waals surface area contributed by atoms with Gasteiger partial charge in [-0.05, 0) is 44.7 Å². The van der Waals surface area contributed by atoms with Crippen LogP contribution in [0.3, 0.4) is 0 Å². The van der Waals surface area contributed by atoms with Crippen LogP contribution in [-0.4, -0.2) is 99.8 Å². The van der Waals surface area contributed by atoms with Crippen molar-refractivity contribution in [3.05, 3.63) is 35.5 Å². The minimum Gasteiger partial charge on any atom is -0.378 e. The molecule has 12 nitrogen and oxygen atoms in total. The fourth-order valence-corrected chi connectivity index (χ4v) is 5.08. The number of fused-ring (bicyclic) bond motifs is 1. The lowest BCUT2D eigenvalue weighted by Crippen LogP contribution is -2.47. The summed E-state index contributed by atoms with van der Waals surface area (Å²) in [7, 11) is 1.65. The van der Waals surface area contributed by atoms with Crippen LogP contribution in [0.25, 0.3) is 0 Å². The predicted molar refractivity (Wildman–Crippen MR) is 150 cm³/mol. The fraction of sp³-hybridized carbons (Fsp3) is 0.643. The average Bonchev–Trinajstić information content (AvgIpc) is 3.33. The first kappa shape index (κ1) is 29.4. The van der Waals surface area contributed by atoms with Crippen LogP contribution < -0.4 is 10.2 Å². The van der Waals surface area contributed by atoms with Gasteiger partial charge >= 0.3 is 0 Å². The van der Waals surface area contributed by atoms with Crippen molar-refractivity contribution in [1.82, 2.24) is 34.9 Å². The van der Waals surface area contributed by atoms with E-state index in [1.807, 2.05) is 19.1 Å². The van der Waals surface area contributed by atoms with E-state index >= 15 is 0 Å². The summed E-state index contributed by atoms with van der Waals surface area (Å²) in [6.45, 7) is 11.8. The number of ether oxygens (including phenoxy) is 1. The lowest BCUT2D eigenvalue weighted by atomic mass is 10.0. The maximum absolute atomic E-state index is 13.6. The topological polar surface area (TPSA) is 126 Å². The molecular formula is C28H42N8O4. The zero-order valence-electron chi connectivity index (χ0n) is 24.3. The largest absolute Gasteiger partial charge is 0.378 e. The molecule has 0 spiro atoms. The molecule has 0 aliphatic carbocycles. The van der Waals surface area contributed by atoms with Gasteiger partial charge in [0.2, 0.25) is 11.8 Å². The van der Waals surface area contributed by atoms with Crippen LogP contribution in [0.1, 0.15) is 68.1 Å². The van der Waals surface area contributed by atoms with E-state index in [1.54, 1.807) is 29.7 Å². The van der Waals surface area contributed by atoms with E-state index < -0.39 is 6.04 Å². The summed E-state index contributed by atoms with van der Waals surface area (Å²) in [4.78, 5) is 54.3. The molecule has 12 heteroatoms. The van der Waals surface area contributed by atoms with Crippen molar-refractivity contribution in [2.45, 2.75) is 65.6 Å². The molecule has 2 atom stereocenters. The number of pyridine rings is 1. The monoisotopic (exact) mass is 554 g/mol. The van der Waals surface area contributed by atoms with Crippen molar-refractivity contribution in [3.8, 4) is 0 Å². The molecule has 4 rings (SSSR count). The highest BCUT2D eigenvalue weighted by Gasteiger charge is 2.29. The Morgan fingerprint density at radius 2 is 1.88 bits per heavy atom. The van der Waals surface area contributed by atoms with E-state index in [0.29, 0.717) is 62.9 Å². The number of hydrogen-bond acceptors (Lipinski definition) is 8. The summed E-state index contributed by atoms with van der Waals surface area (Å²) < 4.78 is 7.22. The van der Waals surface area contributed by atoms with E-state index in [-0.39, 0.29) is 36.1 Å². The normalized spacial score (nSPS) is 21.7. The number of morpholine rings is 1. The molecule has 0 aromatic carbocycles. The molecular weight excluding hydrogens is 512 g/mol. The number of likely N-dealkylation sites (N-methyl/N-ethyl adjacent to an activating group) is 1. The lowest BCUT2D eigenvalue weighted by Gasteiger charge is -2.29. The van der Waals surface area contributed by atoms with Gasteiger partial charge in [0.25, 0.3) is 5.91 Å². The second-order valence-corrected chi connectivity index (χ2v) is 11.0. The third-order valence-electron chi connectivity index (χ3n) is 7.51. The minimum absolute atomic E-state index is 0.136. The summed E-state index contributed by atoms with van der Waals surface area (Å²) in [6, 6.07) is 2.67. The van der Waals surface area contributed by atoms with Crippen LogP contribution >= 0.6 is 0 Å². The number of nitrogens with zero attached hydrogens (tertiary/aromatic N) is 7. The Kier molecular flexibility index (Phi) is 9.72. The zero-order valence-corrected chi connectivity index (χ0v) is 24.3. The summed E-state index contributed by atoms with van der Waals surface area (Å²) >= 11 is 0. The molecule has 3 amide bonds. The molecule has 4 heterocycles. The number of nitrogens with one attached hydrogen (secondary N) is 1. The van der Waals surface area contributed by atoms with Crippen LogP contribution in [-0.2, 0) is 20.9 Å². The highest BCUT2D eigenvalue weighted by atomic mass is 16.5. The van der Waals surface area contributed by atoms with Gasteiger partial charge in [0, 0.05) is 45.8 Å². The summed E-state index contributed by atoms with van der Waals surface area (Å²) in [5.41, 5.74) is 0.495. The first-order valence-corrected chi connectivity index (χ1v) is 14.2. The molecule has 0 unspecified atom stereocenters. The third kappa shape index (κ3) is 7.15. The van der Waals surface area contributed by atoms with Crippen molar-refractivity contribution < 1.29 is 19.1 Å². The minimum atomic E-state index is -0.642. The molecule has 2 aromatic rings. The van der Waals surface area contributed by atoms with Crippen LogP contribution in [0.15, 0.2) is 18.3 Å². The first-order chi connectivity index (χ1) is 19.1. The van der Waals surface area contributed by atoms with E-state index in [9.17, 15) is 14.4 Å². The van der Waals surface area contributed by atoms with Crippen LogP contribution in [0, 0.1) is 12.8 Å². The van der Waals surface area contributed by atoms with E-state index in [0.717, 1.165) is 18.9 Å². The summed E-state index contributed by atoms with van der Waals surface area (Å²) in [5.74, 6) is 1.86. The number of carbonyl (C=O) groups excluding carboxylic acids is 3. The highest BCUT2D eigenvalue weighted by Crippen LogP contribution is 2.22. The highest BCUT2D eigenvalue weighted by molar-refractivity contribution is 5.94. The Balaban J connectivity index is 1.59. The quantitative estimate of drug-likeness (QED) is 0.607. The van der Waals surface area contributed by atoms with Crippen LogP contribution in [0.4, 0.5) is 5.82 Å². The van der Waals surface area contributed by atoms with Gasteiger partial charge in [-0.1, -0.05) is 13.8 Å². The first-order valence-electron chi connectivity index (χ1n) is 14.2. The summed E-state index contributed by atoms with van der Waals surface area (Å²) in [5, 5.41) is 7.71. The van der Waals surface area contributed by atoms with E-state index in [4.69, 9.17) is 4.74 Å². The second-order valence-electron chi connectivity index (χ2n) is 11.0. The number of anilines is 1. The Morgan fingerprint density at radius 3 is 2.55 bits per heavy atom. The number of amides is 3. The van der Waals surface area contributed by atoms with Gasteiger partial charge in [-0.15, -0.1) is 0 Å². The van der Waals surface area contributed by atoms with Crippen molar-refractivity contribution in [1.29, 1.82) is 0 Å². The smallest absolute Gasteiger partial charge is 0.255 e. The van der Waals surface area contributed by atoms with E-state index in [1.165, 1.54) is 4.90 Å². The Morgan fingerprint density at radius 1 is 1.12 bits per heavy atom. The number of hydrogen-bond donors (Lipinski definition) is 1. The molecule has 0 radical (unpaired) electrons. The van der Waals surface area contributed by atoms with E-state index in [2.05, 4.69) is 39.1 Å². The van der Waals surface area contributed by atoms with Crippen LogP contribution in [0.5, 0.6) is 0 Å².